The van der Waals surface area contributed by atoms with E-state index in [2.05, 4.69) is 24.9 Å². The van der Waals surface area contributed by atoms with Crippen molar-refractivity contribution in [2.24, 2.45) is 5.92 Å². The monoisotopic (exact) mass is 187 g/mol. The van der Waals surface area contributed by atoms with Gasteiger partial charge < -0.3 is 4.90 Å². The second-order valence-electron chi connectivity index (χ2n) is 3.64. The SMILES string of the molecule is C#CC1CCC(N(C)C)CC1.Cl. The van der Waals surface area contributed by atoms with Gasteiger partial charge >= 0.3 is 0 Å². The Morgan fingerprint density at radius 2 is 1.67 bits per heavy atom. The highest BCUT2D eigenvalue weighted by Crippen LogP contribution is 2.25. The predicted molar refractivity (Wildman–Crippen MR) is 55.5 cm³/mol. The predicted octanol–water partition coefficient (Wildman–Crippen LogP) is 2.16. The normalized spacial score (nSPS) is 29.2. The van der Waals surface area contributed by atoms with Gasteiger partial charge in [0.25, 0.3) is 0 Å². The first-order chi connectivity index (χ1) is 5.24. The summed E-state index contributed by atoms with van der Waals surface area (Å²) in [7, 11) is 4.31. The molecule has 0 aromatic carbocycles. The van der Waals surface area contributed by atoms with Crippen LogP contribution in [0.2, 0.25) is 0 Å². The Bertz CT molecular complexity index is 152. The Balaban J connectivity index is 0.00000121. The summed E-state index contributed by atoms with van der Waals surface area (Å²) in [6.45, 7) is 0. The Morgan fingerprint density at radius 3 is 2.00 bits per heavy atom. The maximum Gasteiger partial charge on any atom is 0.0201 e. The minimum absolute atomic E-state index is 0. The van der Waals surface area contributed by atoms with Crippen LogP contribution in [0.25, 0.3) is 0 Å². The van der Waals surface area contributed by atoms with Crippen LogP contribution >= 0.6 is 12.4 Å². The Morgan fingerprint density at radius 1 is 1.17 bits per heavy atom. The lowest BCUT2D eigenvalue weighted by Crippen LogP contribution is -2.31. The number of nitrogens with zero attached hydrogens (tertiary/aromatic N) is 1. The van der Waals surface area contributed by atoms with Crippen molar-refractivity contribution in [3.8, 4) is 12.3 Å². The van der Waals surface area contributed by atoms with Crippen molar-refractivity contribution < 1.29 is 0 Å². The molecule has 1 fully saturated rings. The highest BCUT2D eigenvalue weighted by Gasteiger charge is 2.20. The molecular formula is C10H18ClN. The van der Waals surface area contributed by atoms with Gasteiger partial charge in [-0.2, -0.15) is 0 Å². The van der Waals surface area contributed by atoms with Gasteiger partial charge in [0.05, 0.1) is 0 Å². The molecule has 0 bridgehead atoms. The molecule has 0 aromatic heterocycles. The van der Waals surface area contributed by atoms with Crippen molar-refractivity contribution in [1.29, 1.82) is 0 Å². The van der Waals surface area contributed by atoms with Gasteiger partial charge in [-0.05, 0) is 39.8 Å². The van der Waals surface area contributed by atoms with Gasteiger partial charge in [-0.1, -0.05) is 0 Å². The third kappa shape index (κ3) is 3.05. The minimum atomic E-state index is 0. The van der Waals surface area contributed by atoms with Gasteiger partial charge in [0.2, 0.25) is 0 Å². The van der Waals surface area contributed by atoms with E-state index in [0.717, 1.165) is 6.04 Å². The van der Waals surface area contributed by atoms with Crippen LogP contribution in [0.4, 0.5) is 0 Å². The smallest absolute Gasteiger partial charge is 0.0201 e. The highest BCUT2D eigenvalue weighted by molar-refractivity contribution is 5.85. The summed E-state index contributed by atoms with van der Waals surface area (Å²) in [6.07, 6.45) is 10.4. The average Bonchev–Trinajstić information content (AvgIpc) is 2.05. The molecule has 1 aliphatic rings. The molecule has 1 aliphatic carbocycles. The second kappa shape index (κ2) is 5.45. The first-order valence-electron chi connectivity index (χ1n) is 4.36. The fraction of sp³-hybridized carbons (Fsp3) is 0.800. The highest BCUT2D eigenvalue weighted by atomic mass is 35.5. The molecule has 0 heterocycles. The van der Waals surface area contributed by atoms with Gasteiger partial charge in [-0.25, -0.2) is 0 Å². The standard InChI is InChI=1S/C10H17N.ClH/c1-4-9-5-7-10(8-6-9)11(2)3;/h1,9-10H,5-8H2,2-3H3;1H. The summed E-state index contributed by atoms with van der Waals surface area (Å²) >= 11 is 0. The Labute approximate surface area is 81.9 Å². The van der Waals surface area contributed by atoms with Crippen LogP contribution in [0, 0.1) is 18.3 Å². The third-order valence-electron chi connectivity index (χ3n) is 2.66. The van der Waals surface area contributed by atoms with Crippen molar-refractivity contribution in [2.45, 2.75) is 31.7 Å². The van der Waals surface area contributed by atoms with E-state index in [-0.39, 0.29) is 12.4 Å². The molecule has 0 aromatic rings. The van der Waals surface area contributed by atoms with Crippen molar-refractivity contribution >= 4 is 12.4 Å². The van der Waals surface area contributed by atoms with Crippen LogP contribution in [0.1, 0.15) is 25.7 Å². The van der Waals surface area contributed by atoms with E-state index < -0.39 is 0 Å². The quantitative estimate of drug-likeness (QED) is 0.569. The molecule has 12 heavy (non-hydrogen) atoms. The summed E-state index contributed by atoms with van der Waals surface area (Å²) in [5.41, 5.74) is 0. The Hall–Kier alpha value is -0.190. The maximum absolute atomic E-state index is 5.36. The lowest BCUT2D eigenvalue weighted by molar-refractivity contribution is 0.212. The summed E-state index contributed by atoms with van der Waals surface area (Å²) in [5.74, 6) is 3.41. The molecule has 0 radical (unpaired) electrons. The molecular weight excluding hydrogens is 170 g/mol. The minimum Gasteiger partial charge on any atom is -0.306 e. The topological polar surface area (TPSA) is 3.24 Å². The number of halogens is 1. The van der Waals surface area contributed by atoms with E-state index in [0.29, 0.717) is 5.92 Å². The lowest BCUT2D eigenvalue weighted by Gasteiger charge is -2.30. The van der Waals surface area contributed by atoms with Crippen LogP contribution in [0.15, 0.2) is 0 Å². The molecule has 1 saturated carbocycles. The fourth-order valence-electron chi connectivity index (χ4n) is 1.76. The molecule has 0 amide bonds. The number of rotatable bonds is 1. The van der Waals surface area contributed by atoms with E-state index in [9.17, 15) is 0 Å². The van der Waals surface area contributed by atoms with E-state index in [1.165, 1.54) is 25.7 Å². The van der Waals surface area contributed by atoms with E-state index in [4.69, 9.17) is 6.42 Å². The van der Waals surface area contributed by atoms with E-state index in [1.54, 1.807) is 0 Å². The second-order valence-corrected chi connectivity index (χ2v) is 3.64. The van der Waals surface area contributed by atoms with E-state index >= 15 is 0 Å². The molecule has 0 spiro atoms. The number of terminal acetylenes is 1. The zero-order valence-electron chi connectivity index (χ0n) is 7.92. The fourth-order valence-corrected chi connectivity index (χ4v) is 1.76. The molecule has 0 saturated heterocycles. The van der Waals surface area contributed by atoms with Gasteiger partial charge in [-0.3, -0.25) is 0 Å². The zero-order chi connectivity index (χ0) is 8.27. The molecule has 1 nitrogen and oxygen atoms in total. The van der Waals surface area contributed by atoms with Crippen molar-refractivity contribution in [1.82, 2.24) is 4.90 Å². The summed E-state index contributed by atoms with van der Waals surface area (Å²) in [4.78, 5) is 2.31. The molecule has 0 unspecified atom stereocenters. The number of hydrogen-bond acceptors (Lipinski definition) is 1. The van der Waals surface area contributed by atoms with Crippen molar-refractivity contribution in [3.05, 3.63) is 0 Å². The molecule has 0 atom stereocenters. The van der Waals surface area contributed by atoms with Crippen LogP contribution in [0.5, 0.6) is 0 Å². The Kier molecular flexibility index (Phi) is 5.37. The lowest BCUT2D eigenvalue weighted by atomic mass is 9.86. The largest absolute Gasteiger partial charge is 0.306 e. The van der Waals surface area contributed by atoms with Crippen molar-refractivity contribution in [3.63, 3.8) is 0 Å². The molecule has 2 heteroatoms. The summed E-state index contributed by atoms with van der Waals surface area (Å²) in [6, 6.07) is 0.777. The first kappa shape index (κ1) is 11.8. The molecule has 70 valence electrons. The van der Waals surface area contributed by atoms with Crippen LogP contribution in [-0.2, 0) is 0 Å². The molecule has 1 rings (SSSR count). The first-order valence-corrected chi connectivity index (χ1v) is 4.36. The van der Waals surface area contributed by atoms with Crippen molar-refractivity contribution in [2.75, 3.05) is 14.1 Å². The van der Waals surface area contributed by atoms with E-state index in [1.807, 2.05) is 0 Å². The summed E-state index contributed by atoms with van der Waals surface area (Å²) in [5, 5.41) is 0. The van der Waals surface area contributed by atoms with Crippen LogP contribution < -0.4 is 0 Å². The molecule has 0 N–H and O–H groups in total. The van der Waals surface area contributed by atoms with Crippen LogP contribution in [-0.4, -0.2) is 25.0 Å². The maximum atomic E-state index is 5.36. The zero-order valence-corrected chi connectivity index (χ0v) is 8.73. The average molecular weight is 188 g/mol. The molecule has 0 aliphatic heterocycles. The van der Waals surface area contributed by atoms with Gasteiger partial charge in [-0.15, -0.1) is 24.8 Å². The summed E-state index contributed by atoms with van der Waals surface area (Å²) < 4.78 is 0. The van der Waals surface area contributed by atoms with Gasteiger partial charge in [0.1, 0.15) is 0 Å². The number of hydrogen-bond donors (Lipinski definition) is 0. The van der Waals surface area contributed by atoms with Crippen LogP contribution in [0.3, 0.4) is 0 Å². The third-order valence-corrected chi connectivity index (χ3v) is 2.66. The van der Waals surface area contributed by atoms with Gasteiger partial charge in [0, 0.05) is 12.0 Å². The van der Waals surface area contributed by atoms with Gasteiger partial charge in [0.15, 0.2) is 0 Å².